The fourth-order valence-corrected chi connectivity index (χ4v) is 1.85. The van der Waals surface area contributed by atoms with E-state index >= 15 is 0 Å². The Kier molecular flexibility index (Phi) is 3.19. The summed E-state index contributed by atoms with van der Waals surface area (Å²) in [6.07, 6.45) is 0. The van der Waals surface area contributed by atoms with Crippen LogP contribution in [0.5, 0.6) is 0 Å². The van der Waals surface area contributed by atoms with Crippen LogP contribution in [0.3, 0.4) is 0 Å². The highest BCUT2D eigenvalue weighted by Gasteiger charge is 2.25. The van der Waals surface area contributed by atoms with Gasteiger partial charge in [0.05, 0.1) is 0 Å². The second-order valence-electron chi connectivity index (χ2n) is 5.30. The first kappa shape index (κ1) is 12.2. The third-order valence-corrected chi connectivity index (χ3v) is 2.80. The van der Waals surface area contributed by atoms with Gasteiger partial charge in [-0.25, -0.2) is 4.39 Å². The molecule has 0 bridgehead atoms. The van der Waals surface area contributed by atoms with Crippen molar-refractivity contribution in [1.82, 2.24) is 0 Å². The van der Waals surface area contributed by atoms with Gasteiger partial charge in [0.25, 0.3) is 0 Å². The monoisotopic (exact) mass is 209 g/mol. The lowest BCUT2D eigenvalue weighted by molar-refractivity contribution is 0.325. The summed E-state index contributed by atoms with van der Waals surface area (Å²) >= 11 is 0. The van der Waals surface area contributed by atoms with Crippen molar-refractivity contribution in [2.45, 2.75) is 40.7 Å². The number of nitrogens with two attached hydrogens (primary N) is 1. The van der Waals surface area contributed by atoms with Crippen LogP contribution < -0.4 is 5.73 Å². The summed E-state index contributed by atoms with van der Waals surface area (Å²) in [6, 6.07) is 3.04. The van der Waals surface area contributed by atoms with Gasteiger partial charge >= 0.3 is 0 Å². The van der Waals surface area contributed by atoms with E-state index in [9.17, 15) is 4.39 Å². The Labute approximate surface area is 91.5 Å². The molecule has 1 rings (SSSR count). The summed E-state index contributed by atoms with van der Waals surface area (Å²) in [6.45, 7) is 10.1. The minimum absolute atomic E-state index is 0.00660. The first-order chi connectivity index (χ1) is 6.73. The third-order valence-electron chi connectivity index (χ3n) is 2.80. The predicted molar refractivity (Wildman–Crippen MR) is 62.3 cm³/mol. The van der Waals surface area contributed by atoms with Gasteiger partial charge in [-0.3, -0.25) is 0 Å². The molecule has 2 heteroatoms. The fraction of sp³-hybridized carbons (Fsp3) is 0.538. The van der Waals surface area contributed by atoms with Crippen molar-refractivity contribution < 1.29 is 4.39 Å². The number of aryl methyl sites for hydroxylation is 2. The van der Waals surface area contributed by atoms with E-state index in [4.69, 9.17) is 5.73 Å². The molecule has 1 aromatic rings. The first-order valence-corrected chi connectivity index (χ1v) is 5.25. The third kappa shape index (κ3) is 2.57. The molecule has 84 valence electrons. The molecule has 0 spiro atoms. The van der Waals surface area contributed by atoms with Gasteiger partial charge in [0.15, 0.2) is 0 Å². The Balaban J connectivity index is 3.26. The molecule has 1 aromatic carbocycles. The Morgan fingerprint density at radius 2 is 1.53 bits per heavy atom. The molecule has 15 heavy (non-hydrogen) atoms. The SMILES string of the molecule is Cc1cc(F)cc(C)c1C(N)C(C)(C)C. The molecule has 0 aliphatic heterocycles. The van der Waals surface area contributed by atoms with Crippen LogP contribution in [-0.2, 0) is 0 Å². The average molecular weight is 209 g/mol. The Morgan fingerprint density at radius 1 is 1.13 bits per heavy atom. The highest BCUT2D eigenvalue weighted by Crippen LogP contribution is 2.34. The Morgan fingerprint density at radius 3 is 1.87 bits per heavy atom. The Bertz CT molecular complexity index is 340. The zero-order valence-corrected chi connectivity index (χ0v) is 10.2. The summed E-state index contributed by atoms with van der Waals surface area (Å²) in [5, 5.41) is 0. The number of hydrogen-bond acceptors (Lipinski definition) is 1. The van der Waals surface area contributed by atoms with Crippen molar-refractivity contribution in [2.75, 3.05) is 0 Å². The van der Waals surface area contributed by atoms with E-state index in [0.717, 1.165) is 16.7 Å². The highest BCUT2D eigenvalue weighted by atomic mass is 19.1. The van der Waals surface area contributed by atoms with Crippen LogP contribution in [0.1, 0.15) is 43.5 Å². The summed E-state index contributed by atoms with van der Waals surface area (Å²) < 4.78 is 13.1. The lowest BCUT2D eigenvalue weighted by Crippen LogP contribution is -2.27. The van der Waals surface area contributed by atoms with Crippen LogP contribution in [0.15, 0.2) is 12.1 Å². The minimum atomic E-state index is -0.185. The van der Waals surface area contributed by atoms with E-state index in [1.165, 1.54) is 0 Å². The molecule has 0 aromatic heterocycles. The van der Waals surface area contributed by atoms with Gasteiger partial charge < -0.3 is 5.73 Å². The molecule has 1 unspecified atom stereocenters. The van der Waals surface area contributed by atoms with Crippen LogP contribution in [0.4, 0.5) is 4.39 Å². The van der Waals surface area contributed by atoms with Crippen molar-refractivity contribution in [2.24, 2.45) is 11.1 Å². The van der Waals surface area contributed by atoms with E-state index in [0.29, 0.717) is 0 Å². The van der Waals surface area contributed by atoms with Gasteiger partial charge in [-0.05, 0) is 48.1 Å². The quantitative estimate of drug-likeness (QED) is 0.752. The molecular formula is C13H20FN. The maximum atomic E-state index is 13.1. The molecule has 2 N–H and O–H groups in total. The molecule has 0 radical (unpaired) electrons. The second-order valence-corrected chi connectivity index (χ2v) is 5.30. The van der Waals surface area contributed by atoms with E-state index in [2.05, 4.69) is 20.8 Å². The van der Waals surface area contributed by atoms with Crippen molar-refractivity contribution >= 4 is 0 Å². The number of benzene rings is 1. The molecule has 0 saturated carbocycles. The van der Waals surface area contributed by atoms with E-state index < -0.39 is 0 Å². The average Bonchev–Trinajstić information content (AvgIpc) is 1.99. The number of rotatable bonds is 1. The van der Waals surface area contributed by atoms with Gasteiger partial charge in [0.2, 0.25) is 0 Å². The maximum absolute atomic E-state index is 13.1. The van der Waals surface area contributed by atoms with Gasteiger partial charge in [-0.2, -0.15) is 0 Å². The topological polar surface area (TPSA) is 26.0 Å². The zero-order chi connectivity index (χ0) is 11.8. The van der Waals surface area contributed by atoms with E-state index in [-0.39, 0.29) is 17.3 Å². The molecule has 0 aliphatic carbocycles. The normalized spacial score (nSPS) is 14.1. The Hall–Kier alpha value is -0.890. The first-order valence-electron chi connectivity index (χ1n) is 5.25. The zero-order valence-electron chi connectivity index (χ0n) is 10.2. The largest absolute Gasteiger partial charge is 0.323 e. The van der Waals surface area contributed by atoms with Crippen LogP contribution in [-0.4, -0.2) is 0 Å². The fourth-order valence-electron chi connectivity index (χ4n) is 1.85. The van der Waals surface area contributed by atoms with Gasteiger partial charge in [0.1, 0.15) is 5.82 Å². The second kappa shape index (κ2) is 3.93. The maximum Gasteiger partial charge on any atom is 0.123 e. The molecular weight excluding hydrogens is 189 g/mol. The minimum Gasteiger partial charge on any atom is -0.323 e. The van der Waals surface area contributed by atoms with Crippen LogP contribution in [0.2, 0.25) is 0 Å². The van der Waals surface area contributed by atoms with Crippen LogP contribution in [0.25, 0.3) is 0 Å². The van der Waals surface area contributed by atoms with Crippen molar-refractivity contribution in [3.63, 3.8) is 0 Å². The molecule has 1 nitrogen and oxygen atoms in total. The van der Waals surface area contributed by atoms with E-state index in [1.807, 2.05) is 13.8 Å². The summed E-state index contributed by atoms with van der Waals surface area (Å²) in [5.74, 6) is -0.185. The number of halogens is 1. The van der Waals surface area contributed by atoms with Crippen LogP contribution >= 0.6 is 0 Å². The highest BCUT2D eigenvalue weighted by molar-refractivity contribution is 5.37. The predicted octanol–water partition coefficient (Wildman–Crippen LogP) is 3.49. The molecule has 0 fully saturated rings. The standard InChI is InChI=1S/C13H20FN/c1-8-6-10(14)7-9(2)11(8)12(15)13(3,4)5/h6-7,12H,15H2,1-5H3. The molecule has 0 saturated heterocycles. The summed E-state index contributed by atoms with van der Waals surface area (Å²) in [7, 11) is 0. The lowest BCUT2D eigenvalue weighted by Gasteiger charge is -2.30. The summed E-state index contributed by atoms with van der Waals surface area (Å²) in [4.78, 5) is 0. The lowest BCUT2D eigenvalue weighted by atomic mass is 9.80. The van der Waals surface area contributed by atoms with Crippen molar-refractivity contribution in [3.8, 4) is 0 Å². The number of hydrogen-bond donors (Lipinski definition) is 1. The molecule has 0 aliphatic rings. The van der Waals surface area contributed by atoms with Gasteiger partial charge in [-0.1, -0.05) is 20.8 Å². The van der Waals surface area contributed by atoms with Crippen LogP contribution in [0, 0.1) is 25.1 Å². The molecule has 0 amide bonds. The van der Waals surface area contributed by atoms with Crippen molar-refractivity contribution in [3.05, 3.63) is 34.6 Å². The molecule has 0 heterocycles. The smallest absolute Gasteiger partial charge is 0.123 e. The summed E-state index contributed by atoms with van der Waals surface area (Å²) in [5.41, 5.74) is 9.15. The van der Waals surface area contributed by atoms with Gasteiger partial charge in [-0.15, -0.1) is 0 Å². The van der Waals surface area contributed by atoms with Gasteiger partial charge in [0, 0.05) is 6.04 Å². The van der Waals surface area contributed by atoms with Crippen molar-refractivity contribution in [1.29, 1.82) is 0 Å². The van der Waals surface area contributed by atoms with E-state index in [1.54, 1.807) is 12.1 Å². The molecule has 1 atom stereocenters.